The van der Waals surface area contributed by atoms with Gasteiger partial charge in [-0.25, -0.2) is 4.79 Å². The van der Waals surface area contributed by atoms with Gasteiger partial charge in [0.2, 0.25) is 0 Å². The molecule has 0 bridgehead atoms. The van der Waals surface area contributed by atoms with Crippen molar-refractivity contribution in [3.8, 4) is 0 Å². The number of likely N-dealkylation sites (N-methyl/N-ethyl adjacent to an activating group) is 1. The largest absolute Gasteiger partial charge is 0.466 e. The molecule has 0 spiro atoms. The Labute approximate surface area is 144 Å². The van der Waals surface area contributed by atoms with Gasteiger partial charge in [0.15, 0.2) is 0 Å². The number of fused-ring (bicyclic) bond motifs is 1. The van der Waals surface area contributed by atoms with Gasteiger partial charge in [0.05, 0.1) is 18.8 Å². The van der Waals surface area contributed by atoms with Gasteiger partial charge in [-0.2, -0.15) is 0 Å². The molecule has 2 fully saturated rings. The number of aryl methyl sites for hydroxylation is 2. The lowest BCUT2D eigenvalue weighted by molar-refractivity contribution is -0.0882. The third kappa shape index (κ3) is 4.11. The summed E-state index contributed by atoms with van der Waals surface area (Å²) in [4.78, 5) is 16.8. The monoisotopic (exact) mass is 335 g/mol. The van der Waals surface area contributed by atoms with E-state index in [1.165, 1.54) is 0 Å². The summed E-state index contributed by atoms with van der Waals surface area (Å²) in [5.74, 6) is 1.92. The molecule has 2 amide bonds. The van der Waals surface area contributed by atoms with E-state index in [1.54, 1.807) is 0 Å². The molecule has 6 heteroatoms. The molecule has 3 atom stereocenters. The molecule has 6 nitrogen and oxygen atoms in total. The first-order valence-corrected chi connectivity index (χ1v) is 8.95. The molecule has 3 heterocycles. The summed E-state index contributed by atoms with van der Waals surface area (Å²) in [7, 11) is 2.12. The average molecular weight is 335 g/mol. The maximum Gasteiger partial charge on any atom is 0.317 e. The lowest BCUT2D eigenvalue weighted by Gasteiger charge is -2.45. The number of carbonyl (C=O) groups excluding carboxylic acids is 1. The molecule has 1 aromatic heterocycles. The van der Waals surface area contributed by atoms with Gasteiger partial charge < -0.3 is 19.4 Å². The van der Waals surface area contributed by atoms with Crippen LogP contribution in [0.3, 0.4) is 0 Å². The van der Waals surface area contributed by atoms with Crippen LogP contribution in [0.4, 0.5) is 4.79 Å². The zero-order valence-corrected chi connectivity index (χ0v) is 15.0. The van der Waals surface area contributed by atoms with Crippen LogP contribution < -0.4 is 5.32 Å². The summed E-state index contributed by atoms with van der Waals surface area (Å²) in [5, 5.41) is 3.12. The molecule has 24 heavy (non-hydrogen) atoms. The van der Waals surface area contributed by atoms with E-state index in [4.69, 9.17) is 9.15 Å². The minimum atomic E-state index is 0.0375. The Bertz CT molecular complexity index is 559. The lowest BCUT2D eigenvalue weighted by Crippen LogP contribution is -2.61. The Hall–Kier alpha value is -1.53. The standard InChI is InChI=1S/C18H29N3O3/c1-13(4-6-15-7-5-14(2)24-15)19-18(22)21-9-8-17-16(12-21)20(3)10-11-23-17/h5,7,13,16-17H,4,6,8-12H2,1-3H3,(H,19,22)/t13-,16+,17+/m0/s1. The smallest absolute Gasteiger partial charge is 0.317 e. The maximum absolute atomic E-state index is 12.5. The van der Waals surface area contributed by atoms with Crippen molar-refractivity contribution >= 4 is 6.03 Å². The van der Waals surface area contributed by atoms with Crippen LogP contribution in [0.15, 0.2) is 16.5 Å². The van der Waals surface area contributed by atoms with Gasteiger partial charge in [0.25, 0.3) is 0 Å². The van der Waals surface area contributed by atoms with Crippen molar-refractivity contribution in [1.29, 1.82) is 0 Å². The molecule has 0 unspecified atom stereocenters. The molecule has 0 aromatic carbocycles. The molecule has 2 aliphatic heterocycles. The van der Waals surface area contributed by atoms with E-state index in [2.05, 4.69) is 24.2 Å². The zero-order chi connectivity index (χ0) is 17.1. The van der Waals surface area contributed by atoms with Crippen molar-refractivity contribution in [3.63, 3.8) is 0 Å². The minimum Gasteiger partial charge on any atom is -0.466 e. The van der Waals surface area contributed by atoms with Gasteiger partial charge in [-0.15, -0.1) is 0 Å². The number of rotatable bonds is 4. The molecule has 0 aliphatic carbocycles. The van der Waals surface area contributed by atoms with Gasteiger partial charge in [0, 0.05) is 32.1 Å². The fraction of sp³-hybridized carbons (Fsp3) is 0.722. The first-order valence-electron chi connectivity index (χ1n) is 8.95. The van der Waals surface area contributed by atoms with Gasteiger partial charge in [0.1, 0.15) is 11.5 Å². The summed E-state index contributed by atoms with van der Waals surface area (Å²) in [6.07, 6.45) is 2.91. The van der Waals surface area contributed by atoms with E-state index in [-0.39, 0.29) is 18.2 Å². The van der Waals surface area contributed by atoms with Crippen LogP contribution in [0, 0.1) is 6.92 Å². The topological polar surface area (TPSA) is 58.0 Å². The Kier molecular flexibility index (Phi) is 5.46. The Morgan fingerprint density at radius 3 is 3.00 bits per heavy atom. The first kappa shape index (κ1) is 17.3. The third-order valence-electron chi connectivity index (χ3n) is 5.14. The second-order valence-corrected chi connectivity index (χ2v) is 7.09. The molecule has 2 saturated heterocycles. The molecular formula is C18H29N3O3. The normalized spacial score (nSPS) is 26.0. The second-order valence-electron chi connectivity index (χ2n) is 7.09. The van der Waals surface area contributed by atoms with Crippen molar-refractivity contribution in [1.82, 2.24) is 15.1 Å². The third-order valence-corrected chi connectivity index (χ3v) is 5.14. The number of carbonyl (C=O) groups is 1. The molecule has 2 aliphatic rings. The maximum atomic E-state index is 12.5. The SMILES string of the molecule is Cc1ccc(CC[C@H](C)NC(=O)N2CC[C@H]3OCCN(C)[C@@H]3C2)o1. The van der Waals surface area contributed by atoms with Gasteiger partial charge in [-0.3, -0.25) is 4.90 Å². The van der Waals surface area contributed by atoms with E-state index in [9.17, 15) is 4.79 Å². The first-order chi connectivity index (χ1) is 11.5. The van der Waals surface area contributed by atoms with Crippen LogP contribution in [-0.4, -0.2) is 67.3 Å². The highest BCUT2D eigenvalue weighted by Gasteiger charge is 2.36. The Morgan fingerprint density at radius 2 is 2.25 bits per heavy atom. The molecule has 3 rings (SSSR count). The molecule has 1 aromatic rings. The van der Waals surface area contributed by atoms with Gasteiger partial charge in [-0.05, 0) is 45.9 Å². The number of likely N-dealkylation sites (tertiary alicyclic amines) is 1. The van der Waals surface area contributed by atoms with Crippen molar-refractivity contribution in [2.75, 3.05) is 33.3 Å². The van der Waals surface area contributed by atoms with Crippen LogP contribution in [0.1, 0.15) is 31.3 Å². The molecule has 1 N–H and O–H groups in total. The molecule has 134 valence electrons. The van der Waals surface area contributed by atoms with E-state index in [0.717, 1.165) is 57.0 Å². The number of furan rings is 1. The van der Waals surface area contributed by atoms with Crippen molar-refractivity contribution in [3.05, 3.63) is 23.7 Å². The zero-order valence-electron chi connectivity index (χ0n) is 15.0. The summed E-state index contributed by atoms with van der Waals surface area (Å²) in [6, 6.07) is 4.47. The highest BCUT2D eigenvalue weighted by atomic mass is 16.5. The number of nitrogens with one attached hydrogen (secondary N) is 1. The number of nitrogens with zero attached hydrogens (tertiary/aromatic N) is 2. The number of morpholine rings is 1. The second kappa shape index (κ2) is 7.57. The van der Waals surface area contributed by atoms with Gasteiger partial charge in [-0.1, -0.05) is 0 Å². The molecule has 0 saturated carbocycles. The van der Waals surface area contributed by atoms with Gasteiger partial charge >= 0.3 is 6.03 Å². The highest BCUT2D eigenvalue weighted by molar-refractivity contribution is 5.74. The fourth-order valence-electron chi connectivity index (χ4n) is 3.58. The predicted octanol–water partition coefficient (Wildman–Crippen LogP) is 2.02. The lowest BCUT2D eigenvalue weighted by atomic mass is 9.99. The molecular weight excluding hydrogens is 306 g/mol. The summed E-state index contributed by atoms with van der Waals surface area (Å²) >= 11 is 0. The summed E-state index contributed by atoms with van der Waals surface area (Å²) < 4.78 is 11.4. The van der Waals surface area contributed by atoms with E-state index in [1.807, 2.05) is 24.0 Å². The predicted molar refractivity (Wildman–Crippen MR) is 92.1 cm³/mol. The number of piperidine rings is 1. The van der Waals surface area contributed by atoms with E-state index < -0.39 is 0 Å². The fourth-order valence-corrected chi connectivity index (χ4v) is 3.58. The van der Waals surface area contributed by atoms with E-state index >= 15 is 0 Å². The quantitative estimate of drug-likeness (QED) is 0.915. The number of ether oxygens (including phenoxy) is 1. The summed E-state index contributed by atoms with van der Waals surface area (Å²) in [6.45, 7) is 7.26. The number of urea groups is 1. The van der Waals surface area contributed by atoms with E-state index in [0.29, 0.717) is 6.04 Å². The Morgan fingerprint density at radius 1 is 1.42 bits per heavy atom. The van der Waals surface area contributed by atoms with Crippen LogP contribution in [0.25, 0.3) is 0 Å². The van der Waals surface area contributed by atoms with Crippen LogP contribution in [0.2, 0.25) is 0 Å². The highest BCUT2D eigenvalue weighted by Crippen LogP contribution is 2.22. The van der Waals surface area contributed by atoms with Crippen molar-refractivity contribution in [2.45, 2.75) is 51.3 Å². The average Bonchev–Trinajstić information content (AvgIpc) is 2.98. The Balaban J connectivity index is 1.45. The number of hydrogen-bond donors (Lipinski definition) is 1. The van der Waals surface area contributed by atoms with Crippen LogP contribution in [-0.2, 0) is 11.2 Å². The summed E-state index contributed by atoms with van der Waals surface area (Å²) in [5.41, 5.74) is 0. The minimum absolute atomic E-state index is 0.0375. The molecule has 0 radical (unpaired) electrons. The van der Waals surface area contributed by atoms with Crippen molar-refractivity contribution < 1.29 is 13.9 Å². The van der Waals surface area contributed by atoms with Crippen molar-refractivity contribution in [2.24, 2.45) is 0 Å². The van der Waals surface area contributed by atoms with Crippen LogP contribution in [0.5, 0.6) is 0 Å². The van der Waals surface area contributed by atoms with Crippen LogP contribution >= 0.6 is 0 Å². The number of amides is 2. The number of hydrogen-bond acceptors (Lipinski definition) is 4.